The molecule has 0 saturated carbocycles. The molecule has 5 nitrogen and oxygen atoms in total. The molecule has 0 spiro atoms. The van der Waals surface area contributed by atoms with E-state index in [1.54, 1.807) is 12.1 Å². The molecule has 0 unspecified atom stereocenters. The highest BCUT2D eigenvalue weighted by Crippen LogP contribution is 2.18. The zero-order chi connectivity index (χ0) is 17.7. The molecule has 126 valence electrons. The van der Waals surface area contributed by atoms with Crippen LogP contribution < -0.4 is 10.0 Å². The summed E-state index contributed by atoms with van der Waals surface area (Å²) >= 11 is 0. The van der Waals surface area contributed by atoms with Gasteiger partial charge in [-0.2, -0.15) is 0 Å². The van der Waals surface area contributed by atoms with E-state index in [1.165, 1.54) is 18.2 Å². The molecular formula is C18H20N2O3S. The zero-order valence-corrected chi connectivity index (χ0v) is 14.5. The number of aryl methyl sites for hydroxylation is 2. The molecule has 0 bridgehead atoms. The van der Waals surface area contributed by atoms with Crippen LogP contribution in [0.2, 0.25) is 0 Å². The van der Waals surface area contributed by atoms with Crippen LogP contribution in [0.5, 0.6) is 0 Å². The van der Waals surface area contributed by atoms with Crippen molar-refractivity contribution in [3.8, 4) is 0 Å². The number of nitrogens with one attached hydrogen (secondary N) is 2. The number of sulfonamides is 1. The lowest BCUT2D eigenvalue weighted by Crippen LogP contribution is -2.24. The Morgan fingerprint density at radius 2 is 1.92 bits per heavy atom. The smallest absolute Gasteiger partial charge is 0.255 e. The van der Waals surface area contributed by atoms with Crippen LogP contribution in [0.3, 0.4) is 0 Å². The minimum absolute atomic E-state index is 0.0398. The van der Waals surface area contributed by atoms with Crippen molar-refractivity contribution >= 4 is 21.6 Å². The summed E-state index contributed by atoms with van der Waals surface area (Å²) in [5, 5.41) is 2.82. The molecule has 24 heavy (non-hydrogen) atoms. The first kappa shape index (κ1) is 17.9. The molecule has 0 saturated heterocycles. The molecule has 2 N–H and O–H groups in total. The van der Waals surface area contributed by atoms with Crippen LogP contribution in [0, 0.1) is 13.8 Å². The molecule has 0 aliphatic carbocycles. The van der Waals surface area contributed by atoms with Gasteiger partial charge in [-0.3, -0.25) is 4.79 Å². The maximum Gasteiger partial charge on any atom is 0.255 e. The van der Waals surface area contributed by atoms with E-state index >= 15 is 0 Å². The first-order valence-electron chi connectivity index (χ1n) is 7.43. The quantitative estimate of drug-likeness (QED) is 0.791. The second-order valence-electron chi connectivity index (χ2n) is 5.44. The highest BCUT2D eigenvalue weighted by molar-refractivity contribution is 7.89. The fourth-order valence-electron chi connectivity index (χ4n) is 2.12. The average Bonchev–Trinajstić information content (AvgIpc) is 2.56. The van der Waals surface area contributed by atoms with Crippen molar-refractivity contribution in [1.29, 1.82) is 0 Å². The fourth-order valence-corrected chi connectivity index (χ4v) is 3.17. The second-order valence-corrected chi connectivity index (χ2v) is 7.21. The molecule has 0 heterocycles. The van der Waals surface area contributed by atoms with Gasteiger partial charge in [-0.15, -0.1) is 6.58 Å². The summed E-state index contributed by atoms with van der Waals surface area (Å²) in [5.74, 6) is -0.357. The van der Waals surface area contributed by atoms with E-state index in [-0.39, 0.29) is 22.9 Å². The van der Waals surface area contributed by atoms with Crippen molar-refractivity contribution in [3.63, 3.8) is 0 Å². The largest absolute Gasteiger partial charge is 0.322 e. The van der Waals surface area contributed by atoms with Crippen molar-refractivity contribution in [2.24, 2.45) is 0 Å². The van der Waals surface area contributed by atoms with Gasteiger partial charge in [0.05, 0.1) is 4.90 Å². The Morgan fingerprint density at radius 1 is 1.17 bits per heavy atom. The minimum atomic E-state index is -3.67. The number of anilines is 1. The standard InChI is InChI=1S/C18H20N2O3S/c1-4-10-19-24(22,23)16-7-5-6-15(12-16)18(21)20-17-11-13(2)8-9-14(17)3/h4-9,11-12,19H,1,10H2,2-3H3,(H,20,21). The Kier molecular flexibility index (Phi) is 5.54. The van der Waals surface area contributed by atoms with Crippen LogP contribution in [0.1, 0.15) is 21.5 Å². The van der Waals surface area contributed by atoms with E-state index in [9.17, 15) is 13.2 Å². The summed E-state index contributed by atoms with van der Waals surface area (Å²) in [7, 11) is -3.67. The van der Waals surface area contributed by atoms with E-state index in [4.69, 9.17) is 0 Å². The Hall–Kier alpha value is -2.44. The number of carbonyl (C=O) groups excluding carboxylic acids is 1. The molecule has 2 aromatic carbocycles. The number of carbonyl (C=O) groups is 1. The van der Waals surface area contributed by atoms with Gasteiger partial charge in [-0.05, 0) is 49.2 Å². The highest BCUT2D eigenvalue weighted by atomic mass is 32.2. The lowest BCUT2D eigenvalue weighted by atomic mass is 10.1. The van der Waals surface area contributed by atoms with Gasteiger partial charge in [0, 0.05) is 17.8 Å². The molecule has 0 radical (unpaired) electrons. The van der Waals surface area contributed by atoms with Crippen molar-refractivity contribution in [3.05, 3.63) is 71.8 Å². The monoisotopic (exact) mass is 344 g/mol. The average molecular weight is 344 g/mol. The minimum Gasteiger partial charge on any atom is -0.322 e. The molecule has 2 aromatic rings. The molecule has 0 atom stereocenters. The first-order valence-corrected chi connectivity index (χ1v) is 8.91. The number of hydrogen-bond donors (Lipinski definition) is 2. The topological polar surface area (TPSA) is 75.3 Å². The zero-order valence-electron chi connectivity index (χ0n) is 13.7. The van der Waals surface area contributed by atoms with Crippen LogP contribution in [0.4, 0.5) is 5.69 Å². The Balaban J connectivity index is 2.26. The third-order valence-corrected chi connectivity index (χ3v) is 4.89. The molecule has 0 aromatic heterocycles. The molecule has 1 amide bonds. The van der Waals surface area contributed by atoms with Crippen molar-refractivity contribution in [2.45, 2.75) is 18.7 Å². The Labute approximate surface area is 142 Å². The number of rotatable bonds is 6. The SMILES string of the molecule is C=CCNS(=O)(=O)c1cccc(C(=O)Nc2cc(C)ccc2C)c1. The van der Waals surface area contributed by atoms with Crippen molar-refractivity contribution in [2.75, 3.05) is 11.9 Å². The third-order valence-electron chi connectivity index (χ3n) is 3.47. The van der Waals surface area contributed by atoms with Crippen LogP contribution in [0.25, 0.3) is 0 Å². The summed E-state index contributed by atoms with van der Waals surface area (Å²) in [6.45, 7) is 7.44. The predicted molar refractivity (Wildman–Crippen MR) is 95.7 cm³/mol. The number of hydrogen-bond acceptors (Lipinski definition) is 3. The summed E-state index contributed by atoms with van der Waals surface area (Å²) in [6, 6.07) is 11.7. The van der Waals surface area contributed by atoms with Crippen molar-refractivity contribution < 1.29 is 13.2 Å². The van der Waals surface area contributed by atoms with E-state index in [2.05, 4.69) is 16.6 Å². The third kappa shape index (κ3) is 4.31. The normalized spacial score (nSPS) is 11.1. The van der Waals surface area contributed by atoms with Gasteiger partial charge in [-0.1, -0.05) is 24.3 Å². The lowest BCUT2D eigenvalue weighted by Gasteiger charge is -2.10. The molecular weight excluding hydrogens is 324 g/mol. The van der Waals surface area contributed by atoms with Crippen LogP contribution in [-0.4, -0.2) is 20.9 Å². The second kappa shape index (κ2) is 7.42. The van der Waals surface area contributed by atoms with E-state index in [0.29, 0.717) is 5.69 Å². The van der Waals surface area contributed by atoms with Gasteiger partial charge in [0.25, 0.3) is 5.91 Å². The predicted octanol–water partition coefficient (Wildman–Crippen LogP) is 3.02. The molecule has 0 fully saturated rings. The summed E-state index contributed by atoms with van der Waals surface area (Å²) in [6.07, 6.45) is 1.45. The molecule has 2 rings (SSSR count). The number of amides is 1. The maximum atomic E-state index is 12.4. The van der Waals surface area contributed by atoms with Gasteiger partial charge in [0.15, 0.2) is 0 Å². The summed E-state index contributed by atoms with van der Waals surface area (Å²) < 4.78 is 26.6. The van der Waals surface area contributed by atoms with E-state index in [1.807, 2.05) is 32.0 Å². The van der Waals surface area contributed by atoms with E-state index in [0.717, 1.165) is 11.1 Å². The highest BCUT2D eigenvalue weighted by Gasteiger charge is 2.16. The Bertz CT molecular complexity index is 874. The van der Waals surface area contributed by atoms with Gasteiger partial charge in [0.2, 0.25) is 10.0 Å². The van der Waals surface area contributed by atoms with Crippen molar-refractivity contribution in [1.82, 2.24) is 4.72 Å². The van der Waals surface area contributed by atoms with Crippen LogP contribution in [0.15, 0.2) is 60.0 Å². The van der Waals surface area contributed by atoms with Crippen LogP contribution in [-0.2, 0) is 10.0 Å². The number of benzene rings is 2. The fraction of sp³-hybridized carbons (Fsp3) is 0.167. The van der Waals surface area contributed by atoms with Gasteiger partial charge in [0.1, 0.15) is 0 Å². The molecule has 0 aliphatic rings. The summed E-state index contributed by atoms with van der Waals surface area (Å²) in [5.41, 5.74) is 2.95. The first-order chi connectivity index (χ1) is 11.3. The lowest BCUT2D eigenvalue weighted by molar-refractivity contribution is 0.102. The Morgan fingerprint density at radius 3 is 2.62 bits per heavy atom. The van der Waals surface area contributed by atoms with Gasteiger partial charge in [-0.25, -0.2) is 13.1 Å². The maximum absolute atomic E-state index is 12.4. The van der Waals surface area contributed by atoms with Crippen LogP contribution >= 0.6 is 0 Å². The van der Waals surface area contributed by atoms with Gasteiger partial charge >= 0.3 is 0 Å². The van der Waals surface area contributed by atoms with Gasteiger partial charge < -0.3 is 5.32 Å². The summed E-state index contributed by atoms with van der Waals surface area (Å²) in [4.78, 5) is 12.5. The van der Waals surface area contributed by atoms with E-state index < -0.39 is 10.0 Å². The molecule has 0 aliphatic heterocycles. The molecule has 6 heteroatoms.